The Morgan fingerprint density at radius 1 is 0.882 bits per heavy atom. The van der Waals surface area contributed by atoms with E-state index in [4.69, 9.17) is 4.74 Å². The first-order valence-electron chi connectivity index (χ1n) is 10.8. The molecule has 4 rings (SSSR count). The standard InChI is InChI=1S/C26H22F4N2O2/c1-3-31(4-2)26(33)34-24-8-7-23-21(25(24)17-11-19(28)13-20(29)12-17)9-10-32(23)15-16-5-6-18(27)14-22(16)30/h5-14H,3-4,15H2,1-2H3. The maximum Gasteiger partial charge on any atom is 0.415 e. The summed E-state index contributed by atoms with van der Waals surface area (Å²) in [6.07, 6.45) is 1.10. The highest BCUT2D eigenvalue weighted by molar-refractivity contribution is 5.99. The predicted octanol–water partition coefficient (Wildman–Crippen LogP) is 6.75. The molecule has 4 nitrogen and oxygen atoms in total. The molecule has 0 bridgehead atoms. The van der Waals surface area contributed by atoms with Crippen LogP contribution in [0.15, 0.2) is 60.8 Å². The number of ether oxygens (including phenoxy) is 1. The van der Waals surface area contributed by atoms with Crippen molar-refractivity contribution in [1.29, 1.82) is 0 Å². The summed E-state index contributed by atoms with van der Waals surface area (Å²) in [5.41, 5.74) is 1.41. The van der Waals surface area contributed by atoms with Crippen molar-refractivity contribution in [3.05, 3.63) is 89.6 Å². The van der Waals surface area contributed by atoms with Crippen molar-refractivity contribution < 1.29 is 27.1 Å². The summed E-state index contributed by atoms with van der Waals surface area (Å²) in [6, 6.07) is 11.3. The summed E-state index contributed by atoms with van der Waals surface area (Å²) in [6.45, 7) is 4.59. The van der Waals surface area contributed by atoms with Gasteiger partial charge in [0, 0.05) is 53.4 Å². The number of hydrogen-bond acceptors (Lipinski definition) is 2. The molecule has 1 amide bonds. The normalized spacial score (nSPS) is 11.1. The summed E-state index contributed by atoms with van der Waals surface area (Å²) in [7, 11) is 0. The van der Waals surface area contributed by atoms with Gasteiger partial charge in [0.25, 0.3) is 0 Å². The third-order valence-corrected chi connectivity index (χ3v) is 5.64. The smallest absolute Gasteiger partial charge is 0.410 e. The molecule has 4 aromatic rings. The highest BCUT2D eigenvalue weighted by Gasteiger charge is 2.20. The molecular formula is C26H22F4N2O2. The van der Waals surface area contributed by atoms with Gasteiger partial charge in [-0.15, -0.1) is 0 Å². The minimum absolute atomic E-state index is 0.102. The molecule has 0 atom stereocenters. The quantitative estimate of drug-likeness (QED) is 0.292. The minimum Gasteiger partial charge on any atom is -0.410 e. The van der Waals surface area contributed by atoms with Crippen molar-refractivity contribution in [2.75, 3.05) is 13.1 Å². The maximum atomic E-state index is 14.2. The number of aromatic nitrogens is 1. The summed E-state index contributed by atoms with van der Waals surface area (Å²) in [4.78, 5) is 14.1. The van der Waals surface area contributed by atoms with E-state index in [9.17, 15) is 22.4 Å². The van der Waals surface area contributed by atoms with E-state index in [1.165, 1.54) is 17.0 Å². The van der Waals surface area contributed by atoms with Crippen molar-refractivity contribution in [2.24, 2.45) is 0 Å². The zero-order chi connectivity index (χ0) is 24.4. The van der Waals surface area contributed by atoms with Crippen LogP contribution in [0.25, 0.3) is 22.0 Å². The largest absolute Gasteiger partial charge is 0.415 e. The van der Waals surface area contributed by atoms with Gasteiger partial charge in [-0.1, -0.05) is 6.07 Å². The molecule has 0 saturated carbocycles. The van der Waals surface area contributed by atoms with Gasteiger partial charge in [-0.3, -0.25) is 0 Å². The van der Waals surface area contributed by atoms with Crippen LogP contribution in [0.5, 0.6) is 5.75 Å². The van der Waals surface area contributed by atoms with E-state index in [2.05, 4.69) is 0 Å². The lowest BCUT2D eigenvalue weighted by molar-refractivity contribution is 0.157. The Hall–Kier alpha value is -3.81. The molecule has 0 saturated heterocycles. The van der Waals surface area contributed by atoms with Crippen molar-refractivity contribution >= 4 is 17.0 Å². The Bertz CT molecular complexity index is 1340. The molecular weight excluding hydrogens is 448 g/mol. The van der Waals surface area contributed by atoms with Crippen molar-refractivity contribution in [3.8, 4) is 16.9 Å². The van der Waals surface area contributed by atoms with E-state index in [-0.39, 0.29) is 23.4 Å². The van der Waals surface area contributed by atoms with Crippen LogP contribution in [0.2, 0.25) is 0 Å². The number of benzene rings is 3. The topological polar surface area (TPSA) is 34.5 Å². The zero-order valence-corrected chi connectivity index (χ0v) is 18.6. The third-order valence-electron chi connectivity index (χ3n) is 5.64. The SMILES string of the molecule is CCN(CC)C(=O)Oc1ccc2c(ccn2Cc2ccc(F)cc2F)c1-c1cc(F)cc(F)c1. The van der Waals surface area contributed by atoms with Crippen LogP contribution in [0.4, 0.5) is 22.4 Å². The average Bonchev–Trinajstić information content (AvgIpc) is 3.18. The van der Waals surface area contributed by atoms with Crippen molar-refractivity contribution in [1.82, 2.24) is 9.47 Å². The molecule has 0 spiro atoms. The monoisotopic (exact) mass is 470 g/mol. The molecule has 0 aliphatic heterocycles. The number of carbonyl (C=O) groups excluding carboxylic acids is 1. The fraction of sp³-hybridized carbons (Fsp3) is 0.192. The second-order valence-electron chi connectivity index (χ2n) is 7.75. The molecule has 176 valence electrons. The van der Waals surface area contributed by atoms with E-state index in [1.807, 2.05) is 13.8 Å². The summed E-state index contributed by atoms with van der Waals surface area (Å²) in [5, 5.41) is 0.553. The van der Waals surface area contributed by atoms with Gasteiger partial charge in [-0.05, 0) is 55.8 Å². The van der Waals surface area contributed by atoms with Gasteiger partial charge in [-0.25, -0.2) is 22.4 Å². The van der Waals surface area contributed by atoms with Crippen molar-refractivity contribution in [2.45, 2.75) is 20.4 Å². The molecule has 0 unspecified atom stereocenters. The lowest BCUT2D eigenvalue weighted by atomic mass is 10.00. The zero-order valence-electron chi connectivity index (χ0n) is 18.6. The first kappa shape index (κ1) is 23.4. The fourth-order valence-electron chi connectivity index (χ4n) is 3.95. The van der Waals surface area contributed by atoms with Gasteiger partial charge in [0.2, 0.25) is 0 Å². The minimum atomic E-state index is -0.777. The van der Waals surface area contributed by atoms with Gasteiger partial charge in [-0.2, -0.15) is 0 Å². The van der Waals surface area contributed by atoms with E-state index >= 15 is 0 Å². The lowest BCUT2D eigenvalue weighted by Gasteiger charge is -2.20. The van der Waals surface area contributed by atoms with E-state index in [0.29, 0.717) is 29.6 Å². The Balaban J connectivity index is 1.85. The van der Waals surface area contributed by atoms with Gasteiger partial charge < -0.3 is 14.2 Å². The summed E-state index contributed by atoms with van der Waals surface area (Å²) >= 11 is 0. The maximum absolute atomic E-state index is 14.2. The molecule has 8 heteroatoms. The second-order valence-corrected chi connectivity index (χ2v) is 7.75. The molecule has 34 heavy (non-hydrogen) atoms. The van der Waals surface area contributed by atoms with Crippen LogP contribution < -0.4 is 4.74 Å². The highest BCUT2D eigenvalue weighted by Crippen LogP contribution is 2.39. The van der Waals surface area contributed by atoms with E-state index in [0.717, 1.165) is 24.3 Å². The lowest BCUT2D eigenvalue weighted by Crippen LogP contribution is -2.33. The average molecular weight is 470 g/mol. The van der Waals surface area contributed by atoms with Crippen LogP contribution in [-0.2, 0) is 6.54 Å². The molecule has 3 aromatic carbocycles. The Morgan fingerprint density at radius 2 is 1.59 bits per heavy atom. The van der Waals surface area contributed by atoms with Gasteiger partial charge in [0.15, 0.2) is 0 Å². The molecule has 0 aliphatic rings. The Labute approximate surface area is 194 Å². The number of halogens is 4. The predicted molar refractivity (Wildman–Crippen MR) is 122 cm³/mol. The van der Waals surface area contributed by atoms with Crippen molar-refractivity contribution in [3.63, 3.8) is 0 Å². The third kappa shape index (κ3) is 4.62. The first-order valence-corrected chi connectivity index (χ1v) is 10.8. The van der Waals surface area contributed by atoms with Gasteiger partial charge >= 0.3 is 6.09 Å². The number of rotatable bonds is 6. The Morgan fingerprint density at radius 3 is 2.24 bits per heavy atom. The number of fused-ring (bicyclic) bond motifs is 1. The molecule has 0 radical (unpaired) electrons. The summed E-state index contributed by atoms with van der Waals surface area (Å²) < 4.78 is 63.0. The first-order chi connectivity index (χ1) is 16.3. The van der Waals surface area contributed by atoms with E-state index in [1.54, 1.807) is 29.0 Å². The number of hydrogen-bond donors (Lipinski definition) is 0. The van der Waals surface area contributed by atoms with E-state index < -0.39 is 29.4 Å². The van der Waals surface area contributed by atoms with Gasteiger partial charge in [0.05, 0.1) is 6.54 Å². The fourth-order valence-corrected chi connectivity index (χ4v) is 3.95. The molecule has 0 fully saturated rings. The highest BCUT2D eigenvalue weighted by atomic mass is 19.1. The molecule has 1 heterocycles. The molecule has 0 aliphatic carbocycles. The number of amides is 1. The molecule has 1 aromatic heterocycles. The van der Waals surface area contributed by atoms with Gasteiger partial charge in [0.1, 0.15) is 29.0 Å². The van der Waals surface area contributed by atoms with Crippen LogP contribution in [0, 0.1) is 23.3 Å². The summed E-state index contributed by atoms with van der Waals surface area (Å²) in [5.74, 6) is -2.77. The second kappa shape index (κ2) is 9.59. The number of nitrogens with zero attached hydrogens (tertiary/aromatic N) is 2. The molecule has 0 N–H and O–H groups in total. The number of carbonyl (C=O) groups is 1. The van der Waals surface area contributed by atoms with Crippen LogP contribution in [0.1, 0.15) is 19.4 Å². The van der Waals surface area contributed by atoms with Crippen LogP contribution >= 0.6 is 0 Å². The van der Waals surface area contributed by atoms with Crippen LogP contribution in [0.3, 0.4) is 0 Å². The Kier molecular flexibility index (Phi) is 6.58. The van der Waals surface area contributed by atoms with Crippen LogP contribution in [-0.4, -0.2) is 28.6 Å².